The van der Waals surface area contributed by atoms with Crippen molar-refractivity contribution in [2.45, 2.75) is 17.7 Å². The van der Waals surface area contributed by atoms with Crippen molar-refractivity contribution < 1.29 is 12.8 Å². The SMILES string of the molecule is C#CCN(CC1CC1)S(=O)(=O)c1ccc(Br)c(F)c1. The van der Waals surface area contributed by atoms with Gasteiger partial charge in [0.15, 0.2) is 0 Å². The molecule has 19 heavy (non-hydrogen) atoms. The second-order valence-electron chi connectivity index (χ2n) is 4.52. The molecule has 0 bridgehead atoms. The highest BCUT2D eigenvalue weighted by atomic mass is 79.9. The van der Waals surface area contributed by atoms with E-state index in [9.17, 15) is 12.8 Å². The second-order valence-corrected chi connectivity index (χ2v) is 7.31. The van der Waals surface area contributed by atoms with E-state index in [2.05, 4.69) is 21.9 Å². The average Bonchev–Trinajstić information content (AvgIpc) is 3.16. The summed E-state index contributed by atoms with van der Waals surface area (Å²) in [5.74, 6) is 2.12. The predicted octanol–water partition coefficient (Wildman–Crippen LogP) is 2.62. The number of hydrogen-bond donors (Lipinski definition) is 0. The summed E-state index contributed by atoms with van der Waals surface area (Å²) in [5.41, 5.74) is 0. The van der Waals surface area contributed by atoms with Crippen molar-refractivity contribution >= 4 is 26.0 Å². The Morgan fingerprint density at radius 1 is 1.47 bits per heavy atom. The normalized spacial score (nSPS) is 15.5. The summed E-state index contributed by atoms with van der Waals surface area (Å²) >= 11 is 3.00. The van der Waals surface area contributed by atoms with Gasteiger partial charge in [0.05, 0.1) is 15.9 Å². The molecule has 6 heteroatoms. The van der Waals surface area contributed by atoms with Crippen LogP contribution in [0.4, 0.5) is 4.39 Å². The fraction of sp³-hybridized carbons (Fsp3) is 0.385. The number of halogens is 2. The molecule has 0 amide bonds. The molecule has 2 rings (SSSR count). The van der Waals surface area contributed by atoms with Crippen molar-refractivity contribution in [2.75, 3.05) is 13.1 Å². The van der Waals surface area contributed by atoms with Crippen LogP contribution in [0.15, 0.2) is 27.6 Å². The van der Waals surface area contributed by atoms with Crippen molar-refractivity contribution in [3.8, 4) is 12.3 Å². The monoisotopic (exact) mass is 345 g/mol. The smallest absolute Gasteiger partial charge is 0.207 e. The largest absolute Gasteiger partial charge is 0.244 e. The van der Waals surface area contributed by atoms with Gasteiger partial charge >= 0.3 is 0 Å². The molecule has 1 aromatic rings. The quantitative estimate of drug-likeness (QED) is 0.769. The van der Waals surface area contributed by atoms with E-state index in [0.29, 0.717) is 12.5 Å². The Balaban J connectivity index is 2.32. The maximum absolute atomic E-state index is 13.5. The molecule has 0 aliphatic heterocycles. The third-order valence-corrected chi connectivity index (χ3v) is 5.41. The second kappa shape index (κ2) is 5.61. The van der Waals surface area contributed by atoms with Gasteiger partial charge in [-0.1, -0.05) is 5.92 Å². The van der Waals surface area contributed by atoms with Crippen LogP contribution < -0.4 is 0 Å². The van der Waals surface area contributed by atoms with Crippen molar-refractivity contribution in [1.82, 2.24) is 4.31 Å². The highest BCUT2D eigenvalue weighted by Crippen LogP contribution is 2.31. The summed E-state index contributed by atoms with van der Waals surface area (Å²) in [6.07, 6.45) is 7.25. The molecule has 1 aromatic carbocycles. The maximum atomic E-state index is 13.5. The van der Waals surface area contributed by atoms with E-state index in [4.69, 9.17) is 6.42 Å². The van der Waals surface area contributed by atoms with Crippen molar-refractivity contribution in [3.63, 3.8) is 0 Å². The van der Waals surface area contributed by atoms with Gasteiger partial charge in [-0.2, -0.15) is 4.31 Å². The summed E-state index contributed by atoms with van der Waals surface area (Å²) in [5, 5.41) is 0. The molecule has 0 aromatic heterocycles. The van der Waals surface area contributed by atoms with Gasteiger partial charge in [-0.05, 0) is 52.9 Å². The molecule has 1 aliphatic carbocycles. The molecule has 0 radical (unpaired) electrons. The Kier molecular flexibility index (Phi) is 4.29. The number of hydrogen-bond acceptors (Lipinski definition) is 2. The Bertz CT molecular complexity index is 620. The summed E-state index contributed by atoms with van der Waals surface area (Å²) < 4.78 is 39.7. The number of terminal acetylenes is 1. The third-order valence-electron chi connectivity index (χ3n) is 2.96. The van der Waals surface area contributed by atoms with Gasteiger partial charge in [-0.3, -0.25) is 0 Å². The molecule has 1 saturated carbocycles. The van der Waals surface area contributed by atoms with E-state index in [1.54, 1.807) is 0 Å². The van der Waals surface area contributed by atoms with Crippen molar-refractivity contribution in [1.29, 1.82) is 0 Å². The summed E-state index contributed by atoms with van der Waals surface area (Å²) in [6.45, 7) is 0.417. The first kappa shape index (κ1) is 14.5. The van der Waals surface area contributed by atoms with Gasteiger partial charge in [0.1, 0.15) is 5.82 Å². The first-order valence-electron chi connectivity index (χ1n) is 5.84. The lowest BCUT2D eigenvalue weighted by molar-refractivity contribution is 0.429. The van der Waals surface area contributed by atoms with Gasteiger partial charge in [-0.25, -0.2) is 12.8 Å². The van der Waals surface area contributed by atoms with Gasteiger partial charge in [0.25, 0.3) is 0 Å². The molecule has 0 saturated heterocycles. The van der Waals surface area contributed by atoms with Crippen LogP contribution in [-0.2, 0) is 10.0 Å². The third kappa shape index (κ3) is 3.35. The van der Waals surface area contributed by atoms with Crippen LogP contribution >= 0.6 is 15.9 Å². The molecule has 0 spiro atoms. The topological polar surface area (TPSA) is 37.4 Å². The van der Waals surface area contributed by atoms with Gasteiger partial charge in [0.2, 0.25) is 10.0 Å². The van der Waals surface area contributed by atoms with Crippen LogP contribution in [0.2, 0.25) is 0 Å². The summed E-state index contributed by atoms with van der Waals surface area (Å²) in [7, 11) is -3.73. The lowest BCUT2D eigenvalue weighted by Gasteiger charge is -2.19. The highest BCUT2D eigenvalue weighted by molar-refractivity contribution is 9.10. The summed E-state index contributed by atoms with van der Waals surface area (Å²) in [4.78, 5) is -0.0656. The van der Waals surface area contributed by atoms with Crippen LogP contribution in [0.3, 0.4) is 0 Å². The van der Waals surface area contributed by atoms with Crippen LogP contribution in [-0.4, -0.2) is 25.8 Å². The number of nitrogens with zero attached hydrogens (tertiary/aromatic N) is 1. The van der Waals surface area contributed by atoms with E-state index in [1.165, 1.54) is 16.4 Å². The van der Waals surface area contributed by atoms with Crippen LogP contribution in [0.25, 0.3) is 0 Å². The van der Waals surface area contributed by atoms with Gasteiger partial charge < -0.3 is 0 Å². The number of benzene rings is 1. The van der Waals surface area contributed by atoms with Crippen molar-refractivity contribution in [3.05, 3.63) is 28.5 Å². The molecular formula is C13H13BrFNO2S. The number of sulfonamides is 1. The molecule has 0 heterocycles. The zero-order valence-electron chi connectivity index (χ0n) is 10.1. The van der Waals surface area contributed by atoms with Crippen LogP contribution in [0.5, 0.6) is 0 Å². The van der Waals surface area contributed by atoms with Crippen LogP contribution in [0, 0.1) is 24.1 Å². The first-order chi connectivity index (χ1) is 8.95. The molecular weight excluding hydrogens is 333 g/mol. The Morgan fingerprint density at radius 2 is 2.16 bits per heavy atom. The van der Waals surface area contributed by atoms with E-state index in [0.717, 1.165) is 18.9 Å². The summed E-state index contributed by atoms with van der Waals surface area (Å²) in [6, 6.07) is 3.77. The minimum Gasteiger partial charge on any atom is -0.207 e. The number of rotatable bonds is 5. The molecule has 0 atom stereocenters. The minimum atomic E-state index is -3.73. The Morgan fingerprint density at radius 3 is 2.68 bits per heavy atom. The van der Waals surface area contributed by atoms with E-state index < -0.39 is 15.8 Å². The van der Waals surface area contributed by atoms with Crippen molar-refractivity contribution in [2.24, 2.45) is 5.92 Å². The average molecular weight is 346 g/mol. The first-order valence-corrected chi connectivity index (χ1v) is 8.07. The molecule has 3 nitrogen and oxygen atoms in total. The molecule has 1 aliphatic rings. The lowest BCUT2D eigenvalue weighted by Crippen LogP contribution is -2.33. The fourth-order valence-corrected chi connectivity index (χ4v) is 3.41. The van der Waals surface area contributed by atoms with E-state index in [-0.39, 0.29) is 15.9 Å². The lowest BCUT2D eigenvalue weighted by atomic mass is 10.3. The molecule has 0 N–H and O–H groups in total. The Labute approximate surface area is 121 Å². The Hall–Kier alpha value is -0.900. The van der Waals surface area contributed by atoms with Gasteiger partial charge in [0, 0.05) is 6.54 Å². The predicted molar refractivity (Wildman–Crippen MR) is 74.4 cm³/mol. The zero-order valence-corrected chi connectivity index (χ0v) is 12.5. The molecule has 1 fully saturated rings. The molecule has 102 valence electrons. The van der Waals surface area contributed by atoms with Gasteiger partial charge in [-0.15, -0.1) is 6.42 Å². The minimum absolute atomic E-state index is 0.0104. The zero-order chi connectivity index (χ0) is 14.0. The maximum Gasteiger partial charge on any atom is 0.244 e. The van der Waals surface area contributed by atoms with E-state index in [1.807, 2.05) is 0 Å². The standard InChI is InChI=1S/C13H13BrFNO2S/c1-2-7-16(9-10-3-4-10)19(17,18)11-5-6-12(14)13(15)8-11/h1,5-6,8,10H,3-4,7,9H2. The molecule has 0 unspecified atom stereocenters. The highest BCUT2D eigenvalue weighted by Gasteiger charge is 2.31. The fourth-order valence-electron chi connectivity index (χ4n) is 1.72. The van der Waals surface area contributed by atoms with E-state index >= 15 is 0 Å². The van der Waals surface area contributed by atoms with Crippen LogP contribution in [0.1, 0.15) is 12.8 Å².